The highest BCUT2D eigenvalue weighted by Gasteiger charge is 2.17. The molecule has 1 amide bonds. The molecular formula is C24H18N2O3. The fraction of sp³-hybridized carbons (Fsp3) is 0.0833. The van der Waals surface area contributed by atoms with Crippen LogP contribution in [0.3, 0.4) is 0 Å². The van der Waals surface area contributed by atoms with Crippen molar-refractivity contribution in [3.8, 4) is 5.75 Å². The Balaban J connectivity index is 1.61. The fourth-order valence-corrected chi connectivity index (χ4v) is 3.70. The van der Waals surface area contributed by atoms with E-state index in [-0.39, 0.29) is 5.91 Å². The van der Waals surface area contributed by atoms with Crippen LogP contribution in [0.1, 0.15) is 16.1 Å². The van der Waals surface area contributed by atoms with Gasteiger partial charge in [0.25, 0.3) is 5.91 Å². The van der Waals surface area contributed by atoms with E-state index in [1.54, 1.807) is 13.2 Å². The number of aryl methyl sites for hydroxylation is 1. The van der Waals surface area contributed by atoms with Gasteiger partial charge in [0.15, 0.2) is 0 Å². The molecule has 0 aliphatic carbocycles. The highest BCUT2D eigenvalue weighted by atomic mass is 16.5. The smallest absolute Gasteiger partial charge is 0.256 e. The summed E-state index contributed by atoms with van der Waals surface area (Å²) in [5.74, 6) is 0.355. The van der Waals surface area contributed by atoms with E-state index >= 15 is 0 Å². The monoisotopic (exact) mass is 382 g/mol. The fourth-order valence-electron chi connectivity index (χ4n) is 3.70. The zero-order valence-corrected chi connectivity index (χ0v) is 16.0. The minimum atomic E-state index is -0.222. The Hall–Kier alpha value is -3.86. The molecule has 2 aromatic heterocycles. The van der Waals surface area contributed by atoms with Gasteiger partial charge in [0, 0.05) is 27.9 Å². The first-order valence-corrected chi connectivity index (χ1v) is 9.31. The van der Waals surface area contributed by atoms with Crippen LogP contribution in [-0.2, 0) is 0 Å². The SMILES string of the molecule is COc1cc2c(cc1NC(=O)c1cc(C)nc3ccccc13)oc1ccccc12. The van der Waals surface area contributed by atoms with Crippen LogP contribution >= 0.6 is 0 Å². The maximum atomic E-state index is 13.1. The molecule has 1 N–H and O–H groups in total. The molecule has 0 aliphatic rings. The molecule has 2 heterocycles. The number of benzene rings is 3. The molecule has 0 spiro atoms. The summed E-state index contributed by atoms with van der Waals surface area (Å²) in [7, 11) is 1.59. The molecule has 5 nitrogen and oxygen atoms in total. The highest BCUT2D eigenvalue weighted by Crippen LogP contribution is 2.36. The maximum Gasteiger partial charge on any atom is 0.256 e. The lowest BCUT2D eigenvalue weighted by Crippen LogP contribution is -2.14. The van der Waals surface area contributed by atoms with E-state index in [2.05, 4.69) is 10.3 Å². The first-order chi connectivity index (χ1) is 14.1. The van der Waals surface area contributed by atoms with Gasteiger partial charge < -0.3 is 14.5 Å². The Bertz CT molecular complexity index is 1400. The van der Waals surface area contributed by atoms with E-state index in [9.17, 15) is 4.79 Å². The van der Waals surface area contributed by atoms with Gasteiger partial charge in [-0.25, -0.2) is 0 Å². The largest absolute Gasteiger partial charge is 0.495 e. The number of hydrogen-bond donors (Lipinski definition) is 1. The van der Waals surface area contributed by atoms with Gasteiger partial charge in [-0.3, -0.25) is 9.78 Å². The maximum absolute atomic E-state index is 13.1. The van der Waals surface area contributed by atoms with Gasteiger partial charge in [-0.15, -0.1) is 0 Å². The van der Waals surface area contributed by atoms with Crippen molar-refractivity contribution < 1.29 is 13.9 Å². The van der Waals surface area contributed by atoms with Crippen LogP contribution in [0, 0.1) is 6.92 Å². The summed E-state index contributed by atoms with van der Waals surface area (Å²) in [5.41, 5.74) is 4.19. The number of amides is 1. The van der Waals surface area contributed by atoms with Crippen LogP contribution in [0.2, 0.25) is 0 Å². The van der Waals surface area contributed by atoms with Crippen molar-refractivity contribution in [1.29, 1.82) is 0 Å². The Labute approximate surface area is 166 Å². The van der Waals surface area contributed by atoms with Crippen molar-refractivity contribution in [2.24, 2.45) is 0 Å². The molecule has 0 bridgehead atoms. The number of nitrogens with one attached hydrogen (secondary N) is 1. The topological polar surface area (TPSA) is 64.4 Å². The molecule has 5 aromatic rings. The zero-order chi connectivity index (χ0) is 20.0. The van der Waals surface area contributed by atoms with E-state index in [1.807, 2.05) is 67.6 Å². The van der Waals surface area contributed by atoms with E-state index in [1.165, 1.54) is 0 Å². The standard InChI is InChI=1S/C24H18N2O3/c1-14-11-18(15-7-3-5-9-19(15)25-14)24(27)26-20-13-22-17(12-23(20)28-2)16-8-4-6-10-21(16)29-22/h3-13H,1-2H3,(H,26,27). The third-order valence-corrected chi connectivity index (χ3v) is 5.04. The van der Waals surface area contributed by atoms with Crippen molar-refractivity contribution >= 4 is 44.4 Å². The molecule has 3 aromatic carbocycles. The number of ether oxygens (including phenoxy) is 1. The summed E-state index contributed by atoms with van der Waals surface area (Å²) in [6, 6.07) is 20.9. The van der Waals surface area contributed by atoms with Crippen molar-refractivity contribution in [3.05, 3.63) is 78.0 Å². The van der Waals surface area contributed by atoms with E-state index in [4.69, 9.17) is 9.15 Å². The number of rotatable bonds is 3. The van der Waals surface area contributed by atoms with Crippen LogP contribution in [0.4, 0.5) is 5.69 Å². The van der Waals surface area contributed by atoms with Gasteiger partial charge in [0.1, 0.15) is 16.9 Å². The number of furan rings is 1. The molecule has 29 heavy (non-hydrogen) atoms. The molecule has 142 valence electrons. The number of para-hydroxylation sites is 2. The van der Waals surface area contributed by atoms with Crippen molar-refractivity contribution in [2.45, 2.75) is 6.92 Å². The molecule has 5 heteroatoms. The predicted octanol–water partition coefficient (Wildman–Crippen LogP) is 5.70. The number of aromatic nitrogens is 1. The molecule has 5 rings (SSSR count). The second-order valence-corrected chi connectivity index (χ2v) is 6.93. The van der Waals surface area contributed by atoms with E-state index < -0.39 is 0 Å². The summed E-state index contributed by atoms with van der Waals surface area (Å²) >= 11 is 0. The molecule has 0 atom stereocenters. The van der Waals surface area contributed by atoms with E-state index in [0.717, 1.165) is 33.0 Å². The summed E-state index contributed by atoms with van der Waals surface area (Å²) in [6.07, 6.45) is 0. The predicted molar refractivity (Wildman–Crippen MR) is 115 cm³/mol. The summed E-state index contributed by atoms with van der Waals surface area (Å²) in [6.45, 7) is 1.88. The van der Waals surface area contributed by atoms with Crippen molar-refractivity contribution in [3.63, 3.8) is 0 Å². The molecule has 0 fully saturated rings. The summed E-state index contributed by atoms with van der Waals surface area (Å²) < 4.78 is 11.5. The quantitative estimate of drug-likeness (QED) is 0.434. The lowest BCUT2D eigenvalue weighted by Gasteiger charge is -2.12. The Morgan fingerprint density at radius 2 is 1.69 bits per heavy atom. The van der Waals surface area contributed by atoms with Crippen molar-refractivity contribution in [1.82, 2.24) is 4.98 Å². The van der Waals surface area contributed by atoms with Gasteiger partial charge in [-0.1, -0.05) is 36.4 Å². The minimum Gasteiger partial charge on any atom is -0.495 e. The van der Waals surface area contributed by atoms with Gasteiger partial charge >= 0.3 is 0 Å². The molecular weight excluding hydrogens is 364 g/mol. The van der Waals surface area contributed by atoms with Crippen LogP contribution in [-0.4, -0.2) is 18.0 Å². The molecule has 0 radical (unpaired) electrons. The number of anilines is 1. The van der Waals surface area contributed by atoms with Gasteiger partial charge in [-0.2, -0.15) is 0 Å². The number of carbonyl (C=O) groups excluding carboxylic acids is 1. The number of carbonyl (C=O) groups is 1. The third-order valence-electron chi connectivity index (χ3n) is 5.04. The van der Waals surface area contributed by atoms with E-state index in [0.29, 0.717) is 22.6 Å². The van der Waals surface area contributed by atoms with Crippen LogP contribution in [0.5, 0.6) is 5.75 Å². The number of hydrogen-bond acceptors (Lipinski definition) is 4. The molecule has 0 saturated carbocycles. The average Bonchev–Trinajstić information content (AvgIpc) is 3.09. The minimum absolute atomic E-state index is 0.222. The Morgan fingerprint density at radius 1 is 0.931 bits per heavy atom. The number of pyridine rings is 1. The van der Waals surface area contributed by atoms with Gasteiger partial charge in [0.05, 0.1) is 23.9 Å². The normalized spacial score (nSPS) is 11.2. The zero-order valence-electron chi connectivity index (χ0n) is 16.0. The van der Waals surface area contributed by atoms with Gasteiger partial charge in [0.2, 0.25) is 0 Å². The van der Waals surface area contributed by atoms with Crippen molar-refractivity contribution in [2.75, 3.05) is 12.4 Å². The Kier molecular flexibility index (Phi) is 3.95. The lowest BCUT2D eigenvalue weighted by atomic mass is 10.1. The van der Waals surface area contributed by atoms with Gasteiger partial charge in [-0.05, 0) is 31.2 Å². The third kappa shape index (κ3) is 2.88. The molecule has 0 unspecified atom stereocenters. The lowest BCUT2D eigenvalue weighted by molar-refractivity contribution is 0.102. The summed E-state index contributed by atoms with van der Waals surface area (Å²) in [4.78, 5) is 17.6. The number of methoxy groups -OCH3 is 1. The van der Waals surface area contributed by atoms with Crippen LogP contribution < -0.4 is 10.1 Å². The second-order valence-electron chi connectivity index (χ2n) is 6.93. The average molecular weight is 382 g/mol. The van der Waals surface area contributed by atoms with Crippen LogP contribution in [0.15, 0.2) is 71.1 Å². The Morgan fingerprint density at radius 3 is 2.52 bits per heavy atom. The number of fused-ring (bicyclic) bond motifs is 4. The summed E-state index contributed by atoms with van der Waals surface area (Å²) in [5, 5.41) is 5.74. The molecule has 0 saturated heterocycles. The number of nitrogens with zero attached hydrogens (tertiary/aromatic N) is 1. The first kappa shape index (κ1) is 17.3. The second kappa shape index (κ2) is 6.63. The first-order valence-electron chi connectivity index (χ1n) is 9.31. The molecule has 0 aliphatic heterocycles. The van der Waals surface area contributed by atoms with Crippen LogP contribution in [0.25, 0.3) is 32.8 Å². The highest BCUT2D eigenvalue weighted by molar-refractivity contribution is 6.14.